The van der Waals surface area contributed by atoms with E-state index in [1.165, 1.54) is 0 Å². The molecule has 5 heteroatoms. The molecule has 0 saturated carbocycles. The maximum atomic E-state index is 12.3. The van der Waals surface area contributed by atoms with Crippen LogP contribution < -0.4 is 4.74 Å². The van der Waals surface area contributed by atoms with E-state index < -0.39 is 15.9 Å². The van der Waals surface area contributed by atoms with Gasteiger partial charge in [-0.3, -0.25) is 0 Å². The normalized spacial score (nSPS) is 12.8. The second-order valence-electron chi connectivity index (χ2n) is 5.76. The molecule has 0 fully saturated rings. The fourth-order valence-electron chi connectivity index (χ4n) is 2.30. The molecular formula is C18H22O4S. The first-order valence-electron chi connectivity index (χ1n) is 7.48. The van der Waals surface area contributed by atoms with Crippen LogP contribution in [0.4, 0.5) is 0 Å². The second-order valence-corrected chi connectivity index (χ2v) is 7.87. The smallest absolute Gasteiger partial charge is 0.157 e. The zero-order chi connectivity index (χ0) is 16.9. The predicted molar refractivity (Wildman–Crippen MR) is 91.4 cm³/mol. The van der Waals surface area contributed by atoms with Gasteiger partial charge in [0, 0.05) is 0 Å². The molecule has 0 spiro atoms. The van der Waals surface area contributed by atoms with Crippen LogP contribution in [-0.2, 0) is 15.6 Å². The summed E-state index contributed by atoms with van der Waals surface area (Å²) in [7, 11) is -3.41. The van der Waals surface area contributed by atoms with Crippen LogP contribution in [0.3, 0.4) is 0 Å². The number of aliphatic hydroxyl groups excluding tert-OH is 1. The Morgan fingerprint density at radius 2 is 1.78 bits per heavy atom. The number of ether oxygens (including phenoxy) is 1. The number of rotatable bonds is 7. The van der Waals surface area contributed by atoms with Crippen molar-refractivity contribution in [1.82, 2.24) is 0 Å². The van der Waals surface area contributed by atoms with E-state index in [2.05, 4.69) is 0 Å². The fraction of sp³-hybridized carbons (Fsp3) is 0.333. The zero-order valence-electron chi connectivity index (χ0n) is 13.4. The summed E-state index contributed by atoms with van der Waals surface area (Å²) in [5.41, 5.74) is 2.74. The van der Waals surface area contributed by atoms with Gasteiger partial charge < -0.3 is 9.84 Å². The van der Waals surface area contributed by atoms with Gasteiger partial charge in [0.2, 0.25) is 0 Å². The number of benzene rings is 2. The molecule has 124 valence electrons. The molecule has 0 heterocycles. The summed E-state index contributed by atoms with van der Waals surface area (Å²) in [5, 5.41) is 9.94. The van der Waals surface area contributed by atoms with Gasteiger partial charge in [0.05, 0.1) is 11.5 Å². The lowest BCUT2D eigenvalue weighted by molar-refractivity contribution is 0.125. The Morgan fingerprint density at radius 3 is 2.48 bits per heavy atom. The van der Waals surface area contributed by atoms with Crippen molar-refractivity contribution in [3.63, 3.8) is 0 Å². The lowest BCUT2D eigenvalue weighted by Gasteiger charge is -2.14. The fourth-order valence-corrected chi connectivity index (χ4v) is 3.89. The molecule has 1 unspecified atom stereocenters. The molecule has 2 aromatic rings. The molecule has 0 bridgehead atoms. The molecule has 23 heavy (non-hydrogen) atoms. The monoisotopic (exact) mass is 334 g/mol. The van der Waals surface area contributed by atoms with Gasteiger partial charge in [0.15, 0.2) is 9.84 Å². The van der Waals surface area contributed by atoms with Gasteiger partial charge >= 0.3 is 0 Å². The van der Waals surface area contributed by atoms with Crippen molar-refractivity contribution in [3.05, 3.63) is 65.2 Å². The van der Waals surface area contributed by atoms with E-state index in [0.717, 1.165) is 16.7 Å². The highest BCUT2D eigenvalue weighted by atomic mass is 32.2. The van der Waals surface area contributed by atoms with E-state index in [1.807, 2.05) is 50.2 Å². The standard InChI is InChI=1S/C18H22O4S/c1-14-8-9-15(2)16(10-14)12-23(20,21)13-17(19)11-22-18-6-4-3-5-7-18/h3-10,17,19H,11-13H2,1-2H3. The third-order valence-electron chi connectivity index (χ3n) is 3.51. The first kappa shape index (κ1) is 17.5. The van der Waals surface area contributed by atoms with E-state index in [1.54, 1.807) is 12.1 Å². The molecule has 0 aliphatic rings. The predicted octanol–water partition coefficient (Wildman–Crippen LogP) is 2.66. The van der Waals surface area contributed by atoms with Gasteiger partial charge in [0.1, 0.15) is 18.5 Å². The third kappa shape index (κ3) is 5.69. The molecule has 1 atom stereocenters. The van der Waals surface area contributed by atoms with E-state index in [0.29, 0.717) is 5.75 Å². The number of aliphatic hydroxyl groups is 1. The van der Waals surface area contributed by atoms with Crippen LogP contribution in [0, 0.1) is 13.8 Å². The average Bonchev–Trinajstić information content (AvgIpc) is 2.49. The van der Waals surface area contributed by atoms with Gasteiger partial charge in [-0.1, -0.05) is 42.0 Å². The lowest BCUT2D eigenvalue weighted by Crippen LogP contribution is -2.28. The minimum absolute atomic E-state index is 0.0456. The van der Waals surface area contributed by atoms with Gasteiger partial charge in [-0.2, -0.15) is 0 Å². The third-order valence-corrected chi connectivity index (χ3v) is 5.16. The molecule has 0 saturated heterocycles. The minimum Gasteiger partial charge on any atom is -0.491 e. The summed E-state index contributed by atoms with van der Waals surface area (Å²) in [6, 6.07) is 14.8. The summed E-state index contributed by atoms with van der Waals surface area (Å²) in [6.07, 6.45) is -1.05. The Kier molecular flexibility index (Phi) is 5.80. The lowest BCUT2D eigenvalue weighted by atomic mass is 10.1. The van der Waals surface area contributed by atoms with Gasteiger partial charge in [0.25, 0.3) is 0 Å². The van der Waals surface area contributed by atoms with Crippen LogP contribution in [0.2, 0.25) is 0 Å². The quantitative estimate of drug-likeness (QED) is 0.845. The maximum absolute atomic E-state index is 12.3. The Hall–Kier alpha value is -1.85. The molecular weight excluding hydrogens is 312 g/mol. The summed E-state index contributed by atoms with van der Waals surface area (Å²) >= 11 is 0. The van der Waals surface area contributed by atoms with Gasteiger partial charge in [-0.25, -0.2) is 8.42 Å². The molecule has 0 aliphatic heterocycles. The molecule has 0 aliphatic carbocycles. The van der Waals surface area contributed by atoms with Crippen LogP contribution in [0.15, 0.2) is 48.5 Å². The first-order valence-corrected chi connectivity index (χ1v) is 9.30. The second kappa shape index (κ2) is 7.62. The zero-order valence-corrected chi connectivity index (χ0v) is 14.2. The number of para-hydroxylation sites is 1. The SMILES string of the molecule is Cc1ccc(C)c(CS(=O)(=O)CC(O)COc2ccccc2)c1. The van der Waals surface area contributed by atoms with E-state index in [4.69, 9.17) is 4.74 Å². The summed E-state index contributed by atoms with van der Waals surface area (Å²) < 4.78 is 29.9. The average molecular weight is 334 g/mol. The highest BCUT2D eigenvalue weighted by Crippen LogP contribution is 2.15. The van der Waals surface area contributed by atoms with Crippen molar-refractivity contribution in [3.8, 4) is 5.75 Å². The van der Waals surface area contributed by atoms with Crippen molar-refractivity contribution in [2.24, 2.45) is 0 Å². The van der Waals surface area contributed by atoms with Crippen molar-refractivity contribution in [1.29, 1.82) is 0 Å². The van der Waals surface area contributed by atoms with Crippen LogP contribution in [0.1, 0.15) is 16.7 Å². The number of hydrogen-bond donors (Lipinski definition) is 1. The Morgan fingerprint density at radius 1 is 1.09 bits per heavy atom. The highest BCUT2D eigenvalue weighted by Gasteiger charge is 2.19. The van der Waals surface area contributed by atoms with Crippen LogP contribution in [0.25, 0.3) is 0 Å². The Labute approximate surface area is 137 Å². The summed E-state index contributed by atoms with van der Waals surface area (Å²) in [4.78, 5) is 0. The van der Waals surface area contributed by atoms with E-state index in [-0.39, 0.29) is 18.1 Å². The largest absolute Gasteiger partial charge is 0.491 e. The minimum atomic E-state index is -3.41. The first-order chi connectivity index (χ1) is 10.9. The molecule has 0 amide bonds. The van der Waals surface area contributed by atoms with Crippen LogP contribution in [-0.4, -0.2) is 32.0 Å². The molecule has 1 N–H and O–H groups in total. The Balaban J connectivity index is 1.93. The van der Waals surface area contributed by atoms with Gasteiger partial charge in [-0.05, 0) is 37.1 Å². The van der Waals surface area contributed by atoms with Crippen molar-refractivity contribution in [2.75, 3.05) is 12.4 Å². The van der Waals surface area contributed by atoms with E-state index >= 15 is 0 Å². The molecule has 0 aromatic heterocycles. The van der Waals surface area contributed by atoms with Crippen molar-refractivity contribution >= 4 is 9.84 Å². The maximum Gasteiger partial charge on any atom is 0.157 e. The molecule has 4 nitrogen and oxygen atoms in total. The number of sulfone groups is 1. The van der Waals surface area contributed by atoms with Crippen LogP contribution >= 0.6 is 0 Å². The number of aryl methyl sites for hydroxylation is 2. The number of hydrogen-bond acceptors (Lipinski definition) is 4. The molecule has 2 rings (SSSR count). The van der Waals surface area contributed by atoms with Crippen molar-refractivity contribution in [2.45, 2.75) is 25.7 Å². The topological polar surface area (TPSA) is 63.6 Å². The molecule has 2 aromatic carbocycles. The highest BCUT2D eigenvalue weighted by molar-refractivity contribution is 7.90. The van der Waals surface area contributed by atoms with E-state index in [9.17, 15) is 13.5 Å². The summed E-state index contributed by atoms with van der Waals surface area (Å²) in [5.74, 6) is 0.231. The van der Waals surface area contributed by atoms with Gasteiger partial charge in [-0.15, -0.1) is 0 Å². The molecule has 0 radical (unpaired) electrons. The summed E-state index contributed by atoms with van der Waals surface area (Å²) in [6.45, 7) is 3.77. The van der Waals surface area contributed by atoms with Crippen molar-refractivity contribution < 1.29 is 18.3 Å². The van der Waals surface area contributed by atoms with Crippen LogP contribution in [0.5, 0.6) is 5.75 Å². The Bertz CT molecular complexity index is 739.